The van der Waals surface area contributed by atoms with E-state index in [2.05, 4.69) is 82.3 Å². The second-order valence-corrected chi connectivity index (χ2v) is 7.79. The van der Waals surface area contributed by atoms with Crippen molar-refractivity contribution in [2.24, 2.45) is 0 Å². The van der Waals surface area contributed by atoms with E-state index >= 15 is 0 Å². The molecule has 0 aromatic heterocycles. The molecule has 3 nitrogen and oxygen atoms in total. The van der Waals surface area contributed by atoms with Crippen LogP contribution in [0.1, 0.15) is 25.3 Å². The molecule has 2 aromatic rings. The van der Waals surface area contributed by atoms with Crippen LogP contribution in [0.3, 0.4) is 0 Å². The van der Waals surface area contributed by atoms with Crippen molar-refractivity contribution in [3.63, 3.8) is 0 Å². The van der Waals surface area contributed by atoms with E-state index in [1.807, 2.05) is 0 Å². The van der Waals surface area contributed by atoms with E-state index in [0.29, 0.717) is 12.1 Å². The van der Waals surface area contributed by atoms with E-state index in [-0.39, 0.29) is 0 Å². The largest absolute Gasteiger partial charge is 0.369 e. The fraction of sp³-hybridized carbons (Fsp3) is 0.478. The number of hydrogen-bond acceptors (Lipinski definition) is 3. The van der Waals surface area contributed by atoms with Crippen molar-refractivity contribution in [3.8, 4) is 0 Å². The SMILES string of the molecule is C[C@@H]([C@@H]1CN(c2ccccc2)CCN1Cc1ccccc1)N1CCCC1. The Hall–Kier alpha value is -1.84. The molecule has 0 unspecified atom stereocenters. The molecule has 2 aromatic carbocycles. The lowest BCUT2D eigenvalue weighted by Gasteiger charge is -2.47. The summed E-state index contributed by atoms with van der Waals surface area (Å²) < 4.78 is 0. The summed E-state index contributed by atoms with van der Waals surface area (Å²) in [5, 5.41) is 0. The first-order valence-electron chi connectivity index (χ1n) is 10.1. The van der Waals surface area contributed by atoms with Crippen LogP contribution in [-0.4, -0.2) is 54.6 Å². The quantitative estimate of drug-likeness (QED) is 0.811. The van der Waals surface area contributed by atoms with Gasteiger partial charge in [-0.15, -0.1) is 0 Å². The molecule has 26 heavy (non-hydrogen) atoms. The zero-order valence-electron chi connectivity index (χ0n) is 15.9. The number of benzene rings is 2. The van der Waals surface area contributed by atoms with Gasteiger partial charge >= 0.3 is 0 Å². The third-order valence-corrected chi connectivity index (χ3v) is 6.16. The maximum Gasteiger partial charge on any atom is 0.0428 e. The van der Waals surface area contributed by atoms with Crippen LogP contribution in [-0.2, 0) is 6.54 Å². The summed E-state index contributed by atoms with van der Waals surface area (Å²) in [5.74, 6) is 0. The van der Waals surface area contributed by atoms with Crippen LogP contribution in [0.5, 0.6) is 0 Å². The molecule has 2 atom stereocenters. The van der Waals surface area contributed by atoms with Gasteiger partial charge in [0.15, 0.2) is 0 Å². The molecule has 0 radical (unpaired) electrons. The molecule has 4 rings (SSSR count). The van der Waals surface area contributed by atoms with Gasteiger partial charge < -0.3 is 4.90 Å². The number of nitrogens with zero attached hydrogens (tertiary/aromatic N) is 3. The first-order chi connectivity index (χ1) is 12.8. The van der Waals surface area contributed by atoms with Gasteiger partial charge in [-0.1, -0.05) is 48.5 Å². The van der Waals surface area contributed by atoms with E-state index in [0.717, 1.165) is 26.2 Å². The molecular formula is C23H31N3. The Kier molecular flexibility index (Phi) is 5.57. The van der Waals surface area contributed by atoms with Crippen molar-refractivity contribution >= 4 is 5.69 Å². The van der Waals surface area contributed by atoms with Gasteiger partial charge in [0.2, 0.25) is 0 Å². The average molecular weight is 350 g/mol. The molecule has 0 amide bonds. The lowest BCUT2D eigenvalue weighted by Crippen LogP contribution is -2.60. The molecule has 2 fully saturated rings. The second kappa shape index (κ2) is 8.24. The highest BCUT2D eigenvalue weighted by Gasteiger charge is 2.34. The number of hydrogen-bond donors (Lipinski definition) is 0. The molecule has 0 bridgehead atoms. The van der Waals surface area contributed by atoms with Crippen LogP contribution in [0.2, 0.25) is 0 Å². The standard InChI is InChI=1S/C23H31N3/c1-20(24-14-8-9-15-24)23-19-25(22-12-6-3-7-13-22)16-17-26(23)18-21-10-4-2-5-11-21/h2-7,10-13,20,23H,8-9,14-19H2,1H3/t20-,23-/m0/s1. The molecule has 2 aliphatic rings. The first-order valence-corrected chi connectivity index (χ1v) is 10.1. The highest BCUT2D eigenvalue weighted by Crippen LogP contribution is 2.25. The Morgan fingerprint density at radius 1 is 0.846 bits per heavy atom. The van der Waals surface area contributed by atoms with E-state index in [1.165, 1.54) is 37.2 Å². The number of piperazine rings is 1. The van der Waals surface area contributed by atoms with Crippen molar-refractivity contribution in [2.75, 3.05) is 37.6 Å². The monoisotopic (exact) mass is 349 g/mol. The Morgan fingerprint density at radius 3 is 2.19 bits per heavy atom. The molecule has 2 aliphatic heterocycles. The van der Waals surface area contributed by atoms with Crippen molar-refractivity contribution in [1.82, 2.24) is 9.80 Å². The van der Waals surface area contributed by atoms with Crippen LogP contribution >= 0.6 is 0 Å². The van der Waals surface area contributed by atoms with Gasteiger partial charge in [-0.05, 0) is 50.6 Å². The molecule has 2 saturated heterocycles. The Labute approximate surface area is 158 Å². The molecule has 0 spiro atoms. The lowest BCUT2D eigenvalue weighted by molar-refractivity contribution is 0.0846. The van der Waals surface area contributed by atoms with Crippen LogP contribution in [0, 0.1) is 0 Å². The second-order valence-electron chi connectivity index (χ2n) is 7.79. The molecule has 2 heterocycles. The number of rotatable bonds is 5. The summed E-state index contributed by atoms with van der Waals surface area (Å²) in [6.07, 6.45) is 2.72. The van der Waals surface area contributed by atoms with Gasteiger partial charge in [-0.25, -0.2) is 0 Å². The maximum absolute atomic E-state index is 2.72. The number of para-hydroxylation sites is 1. The van der Waals surface area contributed by atoms with Crippen molar-refractivity contribution in [2.45, 2.75) is 38.4 Å². The molecule has 3 heteroatoms. The van der Waals surface area contributed by atoms with Gasteiger partial charge in [0.1, 0.15) is 0 Å². The van der Waals surface area contributed by atoms with Crippen LogP contribution in [0.4, 0.5) is 5.69 Å². The first kappa shape index (κ1) is 17.6. The average Bonchev–Trinajstić information content (AvgIpc) is 3.24. The van der Waals surface area contributed by atoms with Crippen LogP contribution in [0.25, 0.3) is 0 Å². The summed E-state index contributed by atoms with van der Waals surface area (Å²) in [6, 6.07) is 23.1. The lowest BCUT2D eigenvalue weighted by atomic mass is 10.0. The fourth-order valence-corrected chi connectivity index (χ4v) is 4.58. The van der Waals surface area contributed by atoms with Crippen molar-refractivity contribution in [3.05, 3.63) is 66.2 Å². The normalized spacial score (nSPS) is 23.3. The van der Waals surface area contributed by atoms with Crippen molar-refractivity contribution in [1.29, 1.82) is 0 Å². The highest BCUT2D eigenvalue weighted by atomic mass is 15.3. The number of likely N-dealkylation sites (tertiary alicyclic amines) is 1. The Balaban J connectivity index is 1.53. The van der Waals surface area contributed by atoms with Crippen LogP contribution in [0.15, 0.2) is 60.7 Å². The third-order valence-electron chi connectivity index (χ3n) is 6.16. The number of anilines is 1. The zero-order valence-corrected chi connectivity index (χ0v) is 15.9. The third kappa shape index (κ3) is 3.94. The van der Waals surface area contributed by atoms with Gasteiger partial charge in [0, 0.05) is 44.0 Å². The van der Waals surface area contributed by atoms with E-state index in [4.69, 9.17) is 0 Å². The maximum atomic E-state index is 2.72. The fourth-order valence-electron chi connectivity index (χ4n) is 4.58. The van der Waals surface area contributed by atoms with Gasteiger partial charge in [0.05, 0.1) is 0 Å². The minimum absolute atomic E-state index is 0.572. The topological polar surface area (TPSA) is 9.72 Å². The Bertz CT molecular complexity index is 666. The van der Waals surface area contributed by atoms with E-state index in [9.17, 15) is 0 Å². The summed E-state index contributed by atoms with van der Waals surface area (Å²) >= 11 is 0. The van der Waals surface area contributed by atoms with Gasteiger partial charge in [0.25, 0.3) is 0 Å². The predicted octanol–water partition coefficient (Wildman–Crippen LogP) is 3.86. The zero-order chi connectivity index (χ0) is 17.8. The summed E-state index contributed by atoms with van der Waals surface area (Å²) in [4.78, 5) is 8.01. The predicted molar refractivity (Wildman–Crippen MR) is 110 cm³/mol. The van der Waals surface area contributed by atoms with Crippen LogP contribution < -0.4 is 4.90 Å². The summed E-state index contributed by atoms with van der Waals surface area (Å²) in [6.45, 7) is 9.40. The minimum atomic E-state index is 0.572. The Morgan fingerprint density at radius 2 is 1.50 bits per heavy atom. The van der Waals surface area contributed by atoms with E-state index in [1.54, 1.807) is 0 Å². The van der Waals surface area contributed by atoms with Crippen molar-refractivity contribution < 1.29 is 0 Å². The smallest absolute Gasteiger partial charge is 0.0428 e. The van der Waals surface area contributed by atoms with E-state index < -0.39 is 0 Å². The summed E-state index contributed by atoms with van der Waals surface area (Å²) in [7, 11) is 0. The van der Waals surface area contributed by atoms with Gasteiger partial charge in [-0.2, -0.15) is 0 Å². The molecule has 0 saturated carbocycles. The highest BCUT2D eigenvalue weighted by molar-refractivity contribution is 5.46. The molecule has 0 N–H and O–H groups in total. The van der Waals surface area contributed by atoms with Gasteiger partial charge in [-0.3, -0.25) is 9.80 Å². The molecule has 138 valence electrons. The summed E-state index contributed by atoms with van der Waals surface area (Å²) in [5.41, 5.74) is 2.80. The molecular weight excluding hydrogens is 318 g/mol. The molecule has 0 aliphatic carbocycles. The minimum Gasteiger partial charge on any atom is -0.369 e.